The largest absolute Gasteiger partial charge is 0.462 e. The van der Waals surface area contributed by atoms with Crippen molar-refractivity contribution in [1.29, 1.82) is 0 Å². The van der Waals surface area contributed by atoms with Crippen molar-refractivity contribution in [3.63, 3.8) is 0 Å². The number of carbonyl (C=O) groups is 1. The SMILES string of the molecule is CCC(COC(=O)c1cc(Cl)cc(Cl)c1Cl)C(C)(C)CC. The summed E-state index contributed by atoms with van der Waals surface area (Å²) in [5.41, 5.74) is 0.323. The summed E-state index contributed by atoms with van der Waals surface area (Å²) in [6.07, 6.45) is 1.96. The second-order valence-corrected chi connectivity index (χ2v) is 7.02. The number of esters is 1. The lowest BCUT2D eigenvalue weighted by atomic mass is 9.76. The van der Waals surface area contributed by atoms with Crippen LogP contribution in [0, 0.1) is 11.3 Å². The highest BCUT2D eigenvalue weighted by Crippen LogP contribution is 2.34. The Morgan fingerprint density at radius 1 is 1.24 bits per heavy atom. The number of ether oxygens (including phenoxy) is 1. The highest BCUT2D eigenvalue weighted by molar-refractivity contribution is 6.45. The maximum atomic E-state index is 12.2. The molecule has 0 aliphatic carbocycles. The average molecular weight is 352 g/mol. The standard InChI is InChI=1S/C16H21Cl3O2/c1-5-10(16(3,4)6-2)9-21-15(20)12-7-11(17)8-13(18)14(12)19/h7-8,10H,5-6,9H2,1-4H3. The molecule has 0 aromatic heterocycles. The van der Waals surface area contributed by atoms with Crippen molar-refractivity contribution < 1.29 is 9.53 Å². The predicted molar refractivity (Wildman–Crippen MR) is 89.6 cm³/mol. The number of benzene rings is 1. The zero-order valence-corrected chi connectivity index (χ0v) is 15.1. The van der Waals surface area contributed by atoms with Crippen molar-refractivity contribution in [3.8, 4) is 0 Å². The van der Waals surface area contributed by atoms with Crippen molar-refractivity contribution >= 4 is 40.8 Å². The first-order valence-electron chi connectivity index (χ1n) is 7.04. The topological polar surface area (TPSA) is 26.3 Å². The molecule has 0 heterocycles. The summed E-state index contributed by atoms with van der Waals surface area (Å²) in [5.74, 6) is -0.199. The van der Waals surface area contributed by atoms with Crippen LogP contribution in [0.5, 0.6) is 0 Å². The van der Waals surface area contributed by atoms with Crippen LogP contribution in [0.15, 0.2) is 12.1 Å². The number of halogens is 3. The van der Waals surface area contributed by atoms with Gasteiger partial charge in [0, 0.05) is 5.02 Å². The van der Waals surface area contributed by atoms with Gasteiger partial charge in [-0.25, -0.2) is 4.79 Å². The number of carbonyl (C=O) groups excluding carboxylic acids is 1. The molecule has 0 saturated heterocycles. The normalized spacial score (nSPS) is 13.1. The Labute approximate surface area is 141 Å². The van der Waals surface area contributed by atoms with E-state index in [2.05, 4.69) is 27.7 Å². The Kier molecular flexibility index (Phi) is 6.83. The summed E-state index contributed by atoms with van der Waals surface area (Å²) in [6.45, 7) is 8.95. The minimum absolute atomic E-state index is 0.116. The van der Waals surface area contributed by atoms with E-state index in [1.54, 1.807) is 0 Å². The zero-order valence-electron chi connectivity index (χ0n) is 12.8. The summed E-state index contributed by atoms with van der Waals surface area (Å²) >= 11 is 17.9. The van der Waals surface area contributed by atoms with Gasteiger partial charge in [0.05, 0.1) is 22.2 Å². The predicted octanol–water partition coefficient (Wildman–Crippen LogP) is 6.27. The number of hydrogen-bond donors (Lipinski definition) is 0. The van der Waals surface area contributed by atoms with Gasteiger partial charge >= 0.3 is 5.97 Å². The van der Waals surface area contributed by atoms with E-state index < -0.39 is 5.97 Å². The van der Waals surface area contributed by atoms with Crippen LogP contribution in [0.2, 0.25) is 15.1 Å². The summed E-state index contributed by atoms with van der Waals surface area (Å²) in [7, 11) is 0. The molecule has 2 nitrogen and oxygen atoms in total. The zero-order chi connectivity index (χ0) is 16.2. The third kappa shape index (κ3) is 4.77. The summed E-state index contributed by atoms with van der Waals surface area (Å²) in [6, 6.07) is 2.97. The van der Waals surface area contributed by atoms with Gasteiger partial charge in [-0.15, -0.1) is 0 Å². The van der Waals surface area contributed by atoms with Crippen LogP contribution in [-0.2, 0) is 4.74 Å². The Bertz CT molecular complexity index is 512. The minimum Gasteiger partial charge on any atom is -0.462 e. The Morgan fingerprint density at radius 2 is 1.86 bits per heavy atom. The lowest BCUT2D eigenvalue weighted by Crippen LogP contribution is -2.28. The van der Waals surface area contributed by atoms with Gasteiger partial charge in [-0.05, 0) is 29.9 Å². The minimum atomic E-state index is -0.491. The molecule has 0 fully saturated rings. The summed E-state index contributed by atoms with van der Waals surface area (Å²) in [4.78, 5) is 12.2. The Balaban J connectivity index is 2.83. The molecule has 0 saturated carbocycles. The lowest BCUT2D eigenvalue weighted by Gasteiger charge is -2.32. The molecule has 1 atom stereocenters. The molecule has 1 aromatic rings. The molecule has 21 heavy (non-hydrogen) atoms. The monoisotopic (exact) mass is 350 g/mol. The molecule has 0 spiro atoms. The fourth-order valence-electron chi connectivity index (χ4n) is 2.14. The van der Waals surface area contributed by atoms with Crippen molar-refractivity contribution in [1.82, 2.24) is 0 Å². The highest BCUT2D eigenvalue weighted by atomic mass is 35.5. The summed E-state index contributed by atoms with van der Waals surface area (Å²) < 4.78 is 5.42. The smallest absolute Gasteiger partial charge is 0.339 e. The second kappa shape index (κ2) is 7.71. The van der Waals surface area contributed by atoms with Crippen molar-refractivity contribution in [2.75, 3.05) is 6.61 Å². The molecule has 1 rings (SSSR count). The third-order valence-corrected chi connectivity index (χ3v) is 5.16. The van der Waals surface area contributed by atoms with Crippen LogP contribution in [0.25, 0.3) is 0 Å². The van der Waals surface area contributed by atoms with Gasteiger partial charge in [0.2, 0.25) is 0 Å². The van der Waals surface area contributed by atoms with E-state index in [0.717, 1.165) is 12.8 Å². The number of hydrogen-bond acceptors (Lipinski definition) is 2. The molecule has 118 valence electrons. The average Bonchev–Trinajstić information content (AvgIpc) is 2.42. The quantitative estimate of drug-likeness (QED) is 0.446. The highest BCUT2D eigenvalue weighted by Gasteiger charge is 2.28. The lowest BCUT2D eigenvalue weighted by molar-refractivity contribution is 0.0293. The Morgan fingerprint density at radius 3 is 2.38 bits per heavy atom. The fourth-order valence-corrected chi connectivity index (χ4v) is 2.82. The van der Waals surface area contributed by atoms with Crippen molar-refractivity contribution in [2.24, 2.45) is 11.3 Å². The molecular weight excluding hydrogens is 331 g/mol. The first-order chi connectivity index (χ1) is 9.72. The van der Waals surface area contributed by atoms with Crippen LogP contribution in [0.3, 0.4) is 0 Å². The van der Waals surface area contributed by atoms with Crippen LogP contribution in [0.4, 0.5) is 0 Å². The molecule has 0 aliphatic heterocycles. The van der Waals surface area contributed by atoms with E-state index in [4.69, 9.17) is 39.5 Å². The van der Waals surface area contributed by atoms with E-state index in [1.165, 1.54) is 12.1 Å². The third-order valence-electron chi connectivity index (χ3n) is 4.14. The van der Waals surface area contributed by atoms with Gasteiger partial charge in [0.15, 0.2) is 0 Å². The molecule has 1 aromatic carbocycles. The first kappa shape index (κ1) is 18.6. The Hall–Kier alpha value is -0.440. The van der Waals surface area contributed by atoms with Gasteiger partial charge in [0.1, 0.15) is 0 Å². The molecule has 0 radical (unpaired) electrons. The van der Waals surface area contributed by atoms with E-state index in [9.17, 15) is 4.79 Å². The van der Waals surface area contributed by atoms with E-state index in [1.807, 2.05) is 0 Å². The molecule has 5 heteroatoms. The molecule has 1 unspecified atom stereocenters. The summed E-state index contributed by atoms with van der Waals surface area (Å²) in [5, 5.41) is 0.781. The molecule has 0 bridgehead atoms. The van der Waals surface area contributed by atoms with Gasteiger partial charge in [-0.2, -0.15) is 0 Å². The van der Waals surface area contributed by atoms with Gasteiger partial charge in [0.25, 0.3) is 0 Å². The van der Waals surface area contributed by atoms with Crippen LogP contribution in [0.1, 0.15) is 50.9 Å². The van der Waals surface area contributed by atoms with Crippen LogP contribution >= 0.6 is 34.8 Å². The molecule has 0 aliphatic rings. The fraction of sp³-hybridized carbons (Fsp3) is 0.562. The van der Waals surface area contributed by atoms with E-state index >= 15 is 0 Å². The maximum absolute atomic E-state index is 12.2. The number of rotatable bonds is 6. The van der Waals surface area contributed by atoms with Crippen molar-refractivity contribution in [2.45, 2.75) is 40.5 Å². The van der Waals surface area contributed by atoms with Crippen LogP contribution < -0.4 is 0 Å². The molecule has 0 N–H and O–H groups in total. The second-order valence-electron chi connectivity index (χ2n) is 5.79. The van der Waals surface area contributed by atoms with Gasteiger partial charge in [-0.1, -0.05) is 68.9 Å². The molecular formula is C16H21Cl3O2. The van der Waals surface area contributed by atoms with E-state index in [-0.39, 0.29) is 21.0 Å². The van der Waals surface area contributed by atoms with Crippen LogP contribution in [-0.4, -0.2) is 12.6 Å². The molecule has 0 amide bonds. The van der Waals surface area contributed by atoms with Crippen molar-refractivity contribution in [3.05, 3.63) is 32.8 Å². The van der Waals surface area contributed by atoms with Gasteiger partial charge < -0.3 is 4.74 Å². The first-order valence-corrected chi connectivity index (χ1v) is 8.18. The van der Waals surface area contributed by atoms with Gasteiger partial charge in [-0.3, -0.25) is 0 Å². The van der Waals surface area contributed by atoms with E-state index in [0.29, 0.717) is 17.5 Å². The maximum Gasteiger partial charge on any atom is 0.339 e.